The van der Waals surface area contributed by atoms with Crippen molar-refractivity contribution in [2.45, 2.75) is 26.8 Å². The van der Waals surface area contributed by atoms with Crippen LogP contribution >= 0.6 is 27.3 Å². The van der Waals surface area contributed by atoms with Crippen molar-refractivity contribution >= 4 is 44.2 Å². The normalized spacial score (nSPS) is 10.7. The Kier molecular flexibility index (Phi) is 6.44. The number of carbonyl (C=O) groups is 2. The van der Waals surface area contributed by atoms with Gasteiger partial charge in [-0.1, -0.05) is 29.8 Å². The van der Waals surface area contributed by atoms with Crippen LogP contribution in [0.5, 0.6) is 0 Å². The molecule has 0 aliphatic carbocycles. The number of hydrogen-bond donors (Lipinski definition) is 2. The first-order chi connectivity index (χ1) is 11.3. The van der Waals surface area contributed by atoms with Crippen LogP contribution in [0.15, 0.2) is 28.1 Å². The monoisotopic (exact) mass is 413 g/mol. The Hall–Kier alpha value is -1.80. The maximum atomic E-state index is 13.6. The van der Waals surface area contributed by atoms with Gasteiger partial charge in [0, 0.05) is 27.9 Å². The van der Waals surface area contributed by atoms with Crippen LogP contribution in [0.2, 0.25) is 0 Å². The molecule has 8 heteroatoms. The summed E-state index contributed by atoms with van der Waals surface area (Å²) in [5.74, 6) is -0.890. The Morgan fingerprint density at radius 2 is 2.12 bits per heavy atom. The third-order valence-corrected chi connectivity index (χ3v) is 4.43. The number of rotatable bonds is 6. The number of anilines is 1. The van der Waals surface area contributed by atoms with Crippen molar-refractivity contribution < 1.29 is 14.0 Å². The Morgan fingerprint density at radius 1 is 1.38 bits per heavy atom. The fourth-order valence-electron chi connectivity index (χ4n) is 1.79. The minimum atomic E-state index is -0.370. The largest absolute Gasteiger partial charge is 0.352 e. The fourth-order valence-corrected chi connectivity index (χ4v) is 2.92. The molecule has 1 aromatic carbocycles. The number of halogens is 2. The molecule has 2 rings (SSSR count). The van der Waals surface area contributed by atoms with Crippen molar-refractivity contribution in [2.24, 2.45) is 5.92 Å². The maximum absolute atomic E-state index is 13.6. The third-order valence-electron chi connectivity index (χ3n) is 3.13. The van der Waals surface area contributed by atoms with E-state index < -0.39 is 0 Å². The molecule has 0 aliphatic rings. The van der Waals surface area contributed by atoms with E-state index in [9.17, 15) is 14.0 Å². The zero-order valence-corrected chi connectivity index (χ0v) is 15.6. The van der Waals surface area contributed by atoms with Gasteiger partial charge in [-0.3, -0.25) is 9.59 Å². The van der Waals surface area contributed by atoms with E-state index in [1.165, 1.54) is 17.4 Å². The van der Waals surface area contributed by atoms with Crippen molar-refractivity contribution in [2.75, 3.05) is 5.32 Å². The topological polar surface area (TPSA) is 71.1 Å². The van der Waals surface area contributed by atoms with Crippen LogP contribution in [0.3, 0.4) is 0 Å². The fraction of sp³-hybridized carbons (Fsp3) is 0.312. The first-order valence-corrected chi connectivity index (χ1v) is 8.98. The molecule has 0 fully saturated rings. The van der Waals surface area contributed by atoms with Crippen LogP contribution in [0.4, 0.5) is 9.52 Å². The van der Waals surface area contributed by atoms with E-state index in [0.717, 1.165) is 4.47 Å². The van der Waals surface area contributed by atoms with Gasteiger partial charge in [0.25, 0.3) is 0 Å². The van der Waals surface area contributed by atoms with E-state index in [1.807, 2.05) is 0 Å². The second kappa shape index (κ2) is 8.34. The quantitative estimate of drug-likeness (QED) is 0.760. The molecular formula is C16H17BrFN3O2S. The number of carbonyl (C=O) groups excluding carboxylic acids is 2. The second-order valence-corrected chi connectivity index (χ2v) is 7.25. The molecule has 0 unspecified atom stereocenters. The highest BCUT2D eigenvalue weighted by atomic mass is 79.9. The Balaban J connectivity index is 1.87. The van der Waals surface area contributed by atoms with Crippen molar-refractivity contribution in [3.8, 4) is 0 Å². The smallest absolute Gasteiger partial charge is 0.228 e. The number of hydrogen-bond acceptors (Lipinski definition) is 4. The highest BCUT2D eigenvalue weighted by molar-refractivity contribution is 9.10. The highest BCUT2D eigenvalue weighted by Crippen LogP contribution is 2.17. The zero-order valence-electron chi connectivity index (χ0n) is 13.2. The summed E-state index contributed by atoms with van der Waals surface area (Å²) in [6.45, 7) is 3.68. The van der Waals surface area contributed by atoms with Crippen molar-refractivity contribution in [1.29, 1.82) is 0 Å². The van der Waals surface area contributed by atoms with Crippen LogP contribution in [0.25, 0.3) is 0 Å². The summed E-state index contributed by atoms with van der Waals surface area (Å²) in [4.78, 5) is 27.8. The number of nitrogens with zero attached hydrogens (tertiary/aromatic N) is 1. The lowest BCUT2D eigenvalue weighted by Crippen LogP contribution is -2.25. The van der Waals surface area contributed by atoms with Crippen molar-refractivity contribution in [3.05, 3.63) is 45.1 Å². The summed E-state index contributed by atoms with van der Waals surface area (Å²) < 4.78 is 14.4. The minimum Gasteiger partial charge on any atom is -0.352 e. The third kappa shape index (κ3) is 5.38. The maximum Gasteiger partial charge on any atom is 0.228 e. The summed E-state index contributed by atoms with van der Waals surface area (Å²) in [6.07, 6.45) is 0.0731. The molecule has 0 saturated carbocycles. The zero-order chi connectivity index (χ0) is 17.7. The van der Waals surface area contributed by atoms with E-state index in [1.54, 1.807) is 31.4 Å². The summed E-state index contributed by atoms with van der Waals surface area (Å²) >= 11 is 4.53. The minimum absolute atomic E-state index is 0.0731. The first kappa shape index (κ1) is 18.5. The molecule has 128 valence electrons. The lowest BCUT2D eigenvalue weighted by Gasteiger charge is -2.06. The molecular weight excluding hydrogens is 397 g/mol. The van der Waals surface area contributed by atoms with E-state index >= 15 is 0 Å². The average Bonchev–Trinajstić information content (AvgIpc) is 2.95. The number of thiazole rings is 1. The summed E-state index contributed by atoms with van der Waals surface area (Å²) in [7, 11) is 0. The van der Waals surface area contributed by atoms with Gasteiger partial charge in [0.05, 0.1) is 12.1 Å². The molecule has 0 spiro atoms. The van der Waals surface area contributed by atoms with Crippen LogP contribution in [0.1, 0.15) is 25.1 Å². The van der Waals surface area contributed by atoms with Crippen molar-refractivity contribution in [1.82, 2.24) is 10.3 Å². The summed E-state index contributed by atoms with van der Waals surface area (Å²) in [5, 5.41) is 7.53. The molecule has 0 radical (unpaired) electrons. The van der Waals surface area contributed by atoms with E-state index in [4.69, 9.17) is 0 Å². The van der Waals surface area contributed by atoms with Crippen LogP contribution < -0.4 is 10.6 Å². The molecule has 0 aliphatic heterocycles. The lowest BCUT2D eigenvalue weighted by molar-refractivity contribution is -0.120. The molecule has 24 heavy (non-hydrogen) atoms. The van der Waals surface area contributed by atoms with Gasteiger partial charge in [-0.15, -0.1) is 11.3 Å². The first-order valence-electron chi connectivity index (χ1n) is 7.31. The Labute approximate surface area is 151 Å². The second-order valence-electron chi connectivity index (χ2n) is 5.48. The van der Waals surface area contributed by atoms with Crippen molar-refractivity contribution in [3.63, 3.8) is 0 Å². The SMILES string of the molecule is CC(C)C(=O)Nc1nc(CC(=O)NCc2cc(Br)ccc2F)cs1. The van der Waals surface area contributed by atoms with Gasteiger partial charge >= 0.3 is 0 Å². The van der Waals surface area contributed by atoms with Gasteiger partial charge in [0.15, 0.2) is 5.13 Å². The van der Waals surface area contributed by atoms with Crippen LogP contribution in [-0.2, 0) is 22.6 Å². The Morgan fingerprint density at radius 3 is 2.83 bits per heavy atom. The molecule has 2 N–H and O–H groups in total. The lowest BCUT2D eigenvalue weighted by atomic mass is 10.2. The molecule has 2 aromatic rings. The van der Waals surface area contributed by atoms with Gasteiger partial charge in [0.2, 0.25) is 11.8 Å². The summed E-state index contributed by atoms with van der Waals surface area (Å²) in [6, 6.07) is 4.57. The number of benzene rings is 1. The standard InChI is InChI=1S/C16H17BrFN3O2S/c1-9(2)15(23)21-16-20-12(8-24-16)6-14(22)19-7-10-5-11(17)3-4-13(10)18/h3-5,8-9H,6-7H2,1-2H3,(H,19,22)(H,20,21,23). The predicted molar refractivity (Wildman–Crippen MR) is 95.2 cm³/mol. The summed E-state index contributed by atoms with van der Waals surface area (Å²) in [5.41, 5.74) is 0.965. The van der Waals surface area contributed by atoms with Gasteiger partial charge in [0.1, 0.15) is 5.82 Å². The van der Waals surface area contributed by atoms with E-state index in [2.05, 4.69) is 31.5 Å². The highest BCUT2D eigenvalue weighted by Gasteiger charge is 2.12. The number of nitrogens with one attached hydrogen (secondary N) is 2. The Bertz CT molecular complexity index is 749. The van der Waals surface area contributed by atoms with E-state index in [-0.39, 0.29) is 36.5 Å². The molecule has 0 saturated heterocycles. The van der Waals surface area contributed by atoms with Gasteiger partial charge in [-0.05, 0) is 18.2 Å². The van der Waals surface area contributed by atoms with Gasteiger partial charge in [-0.25, -0.2) is 9.37 Å². The molecule has 0 atom stereocenters. The van der Waals surface area contributed by atoms with Crippen LogP contribution in [0, 0.1) is 11.7 Å². The molecule has 1 aromatic heterocycles. The molecule has 5 nitrogen and oxygen atoms in total. The number of amides is 2. The average molecular weight is 414 g/mol. The van der Waals surface area contributed by atoms with Gasteiger partial charge in [-0.2, -0.15) is 0 Å². The molecule has 1 heterocycles. The molecule has 0 bridgehead atoms. The van der Waals surface area contributed by atoms with Gasteiger partial charge < -0.3 is 10.6 Å². The number of aromatic nitrogens is 1. The molecule has 2 amide bonds. The van der Waals surface area contributed by atoms with E-state index in [0.29, 0.717) is 16.4 Å². The predicted octanol–water partition coefficient (Wildman–Crippen LogP) is 3.50. The van der Waals surface area contributed by atoms with Crippen LogP contribution in [-0.4, -0.2) is 16.8 Å².